The Morgan fingerprint density at radius 3 is 2.53 bits per heavy atom. The zero-order valence-corrected chi connectivity index (χ0v) is 18.9. The molecule has 1 aliphatic heterocycles. The lowest BCUT2D eigenvalue weighted by Crippen LogP contribution is -2.29. The second-order valence-electron chi connectivity index (χ2n) is 7.98. The van der Waals surface area contributed by atoms with Gasteiger partial charge in [0.2, 0.25) is 5.13 Å². The van der Waals surface area contributed by atoms with E-state index in [0.29, 0.717) is 23.0 Å². The van der Waals surface area contributed by atoms with E-state index in [2.05, 4.69) is 19.4 Å². The molecule has 0 saturated carbocycles. The summed E-state index contributed by atoms with van der Waals surface area (Å²) in [4.78, 5) is 8.80. The summed E-state index contributed by atoms with van der Waals surface area (Å²) in [7, 11) is 1.89. The molecule has 0 unspecified atom stereocenters. The summed E-state index contributed by atoms with van der Waals surface area (Å²) in [6.45, 7) is 4.46. The maximum atomic E-state index is 15.1. The van der Waals surface area contributed by atoms with Gasteiger partial charge in [-0.1, -0.05) is 0 Å². The van der Waals surface area contributed by atoms with E-state index in [1.165, 1.54) is 30.1 Å². The molecule has 6 nitrogen and oxygen atoms in total. The highest BCUT2D eigenvalue weighted by Gasteiger charge is 2.23. The largest absolute Gasteiger partial charge is 0.371 e. The quantitative estimate of drug-likeness (QED) is 0.392. The number of halogens is 2. The van der Waals surface area contributed by atoms with Crippen molar-refractivity contribution in [2.45, 2.75) is 32.7 Å². The Balaban J connectivity index is 1.56. The van der Waals surface area contributed by atoms with Crippen LogP contribution < -0.4 is 9.80 Å². The normalized spacial score (nSPS) is 14.3. The predicted molar refractivity (Wildman–Crippen MR) is 125 cm³/mol. The molecule has 0 atom stereocenters. The van der Waals surface area contributed by atoms with Crippen molar-refractivity contribution in [1.29, 1.82) is 0 Å². The average Bonchev–Trinajstić information content (AvgIpc) is 3.45. The van der Waals surface area contributed by atoms with Gasteiger partial charge in [-0.05, 0) is 62.6 Å². The summed E-state index contributed by atoms with van der Waals surface area (Å²) in [5.74, 6) is 0.700. The van der Waals surface area contributed by atoms with Gasteiger partial charge in [0.1, 0.15) is 17.2 Å². The minimum atomic E-state index is -0.311. The number of nitrogens with zero attached hydrogens (tertiary/aromatic N) is 6. The number of benzene rings is 2. The molecule has 32 heavy (non-hydrogen) atoms. The van der Waals surface area contributed by atoms with Crippen LogP contribution in [-0.4, -0.2) is 39.3 Å². The number of hydrogen-bond acceptors (Lipinski definition) is 6. The molecule has 1 aliphatic rings. The van der Waals surface area contributed by atoms with Crippen LogP contribution in [0.4, 0.5) is 25.4 Å². The van der Waals surface area contributed by atoms with Gasteiger partial charge in [0.25, 0.3) is 0 Å². The molecule has 0 amide bonds. The zero-order valence-electron chi connectivity index (χ0n) is 18.1. The topological polar surface area (TPSA) is 50.1 Å². The van der Waals surface area contributed by atoms with Crippen molar-refractivity contribution < 1.29 is 8.78 Å². The van der Waals surface area contributed by atoms with E-state index >= 15 is 4.39 Å². The van der Waals surface area contributed by atoms with Gasteiger partial charge in [0, 0.05) is 54.9 Å². The summed E-state index contributed by atoms with van der Waals surface area (Å²) in [6, 6.07) is 9.74. The third-order valence-electron chi connectivity index (χ3n) is 5.90. The molecule has 1 saturated heterocycles. The Bertz CT molecular complexity index is 1240. The first kappa shape index (κ1) is 20.8. The van der Waals surface area contributed by atoms with Crippen LogP contribution in [0.15, 0.2) is 36.4 Å². The first-order valence-electron chi connectivity index (χ1n) is 10.8. The molecular formula is C23H24F2N6S. The summed E-state index contributed by atoms with van der Waals surface area (Å²) in [6.07, 6.45) is 3.46. The van der Waals surface area contributed by atoms with Crippen molar-refractivity contribution >= 4 is 39.1 Å². The van der Waals surface area contributed by atoms with Crippen LogP contribution in [0.2, 0.25) is 0 Å². The van der Waals surface area contributed by atoms with Gasteiger partial charge in [0.05, 0.1) is 0 Å². The molecule has 0 radical (unpaired) electrons. The number of piperidine rings is 1. The van der Waals surface area contributed by atoms with Crippen LogP contribution in [0.5, 0.6) is 0 Å². The molecule has 0 N–H and O–H groups in total. The number of hydrogen-bond donors (Lipinski definition) is 0. The van der Waals surface area contributed by atoms with Crippen LogP contribution in [0.3, 0.4) is 0 Å². The SMILES string of the molecule is CCn1nc2c(F)cc(N3CCCCC3)cc2c1N(C)c1nc(-c2ccc(F)cc2)ns1. The maximum Gasteiger partial charge on any atom is 0.210 e. The minimum absolute atomic E-state index is 0.300. The van der Waals surface area contributed by atoms with Crippen LogP contribution >= 0.6 is 11.5 Å². The van der Waals surface area contributed by atoms with E-state index in [4.69, 9.17) is 0 Å². The van der Waals surface area contributed by atoms with Crippen LogP contribution in [0.25, 0.3) is 22.3 Å². The monoisotopic (exact) mass is 454 g/mol. The predicted octanol–water partition coefficient (Wildman–Crippen LogP) is 5.61. The fraction of sp³-hybridized carbons (Fsp3) is 0.348. The van der Waals surface area contributed by atoms with Gasteiger partial charge in [-0.25, -0.2) is 13.5 Å². The van der Waals surface area contributed by atoms with Crippen molar-refractivity contribution in [2.75, 3.05) is 29.9 Å². The van der Waals surface area contributed by atoms with Gasteiger partial charge in [-0.15, -0.1) is 0 Å². The van der Waals surface area contributed by atoms with Gasteiger partial charge in [-0.2, -0.15) is 14.5 Å². The molecule has 1 fully saturated rings. The first-order chi connectivity index (χ1) is 15.5. The van der Waals surface area contributed by atoms with E-state index in [0.717, 1.165) is 48.4 Å². The maximum absolute atomic E-state index is 15.1. The van der Waals surface area contributed by atoms with Crippen LogP contribution in [0, 0.1) is 11.6 Å². The summed E-state index contributed by atoms with van der Waals surface area (Å²) < 4.78 is 34.6. The third kappa shape index (κ3) is 3.70. The van der Waals surface area contributed by atoms with Gasteiger partial charge in [-0.3, -0.25) is 0 Å². The Labute approximate surface area is 189 Å². The second kappa shape index (κ2) is 8.46. The number of fused-ring (bicyclic) bond motifs is 1. The van der Waals surface area contributed by atoms with E-state index < -0.39 is 0 Å². The van der Waals surface area contributed by atoms with Gasteiger partial charge >= 0.3 is 0 Å². The Hall–Kier alpha value is -3.07. The van der Waals surface area contributed by atoms with E-state index in [1.807, 2.05) is 24.9 Å². The second-order valence-corrected chi connectivity index (χ2v) is 8.71. The molecule has 0 bridgehead atoms. The van der Waals surface area contributed by atoms with Crippen molar-refractivity contribution in [3.05, 3.63) is 48.0 Å². The molecule has 2 aromatic heterocycles. The fourth-order valence-corrected chi connectivity index (χ4v) is 4.88. The van der Waals surface area contributed by atoms with Crippen molar-refractivity contribution in [3.8, 4) is 11.4 Å². The summed E-state index contributed by atoms with van der Waals surface area (Å²) >= 11 is 1.24. The van der Waals surface area contributed by atoms with Gasteiger partial charge < -0.3 is 9.80 Å². The van der Waals surface area contributed by atoms with Crippen LogP contribution in [-0.2, 0) is 6.54 Å². The van der Waals surface area contributed by atoms with Crippen LogP contribution in [0.1, 0.15) is 26.2 Å². The molecule has 0 aliphatic carbocycles. The highest BCUT2D eigenvalue weighted by atomic mass is 32.1. The highest BCUT2D eigenvalue weighted by molar-refractivity contribution is 7.10. The summed E-state index contributed by atoms with van der Waals surface area (Å²) in [5, 5.41) is 5.95. The molecule has 2 aromatic carbocycles. The lowest BCUT2D eigenvalue weighted by Gasteiger charge is -2.29. The standard InChI is InChI=1S/C23H24F2N6S/c1-3-31-22(29(2)23-26-21(28-32-23)15-7-9-16(24)10-8-15)18-13-17(14-19(25)20(18)27-31)30-11-5-4-6-12-30/h7-10,13-14H,3-6,11-12H2,1-2H3. The smallest absolute Gasteiger partial charge is 0.210 e. The number of anilines is 3. The molecule has 5 rings (SSSR count). The molecule has 3 heterocycles. The zero-order chi connectivity index (χ0) is 22.2. The molecule has 4 aromatic rings. The minimum Gasteiger partial charge on any atom is -0.371 e. The number of aryl methyl sites for hydroxylation is 1. The fourth-order valence-electron chi connectivity index (χ4n) is 4.23. The number of aromatic nitrogens is 4. The van der Waals surface area contributed by atoms with Crippen molar-refractivity contribution in [1.82, 2.24) is 19.1 Å². The molecule has 166 valence electrons. The average molecular weight is 455 g/mol. The number of rotatable bonds is 5. The van der Waals surface area contributed by atoms with Crippen molar-refractivity contribution in [2.24, 2.45) is 0 Å². The molecule has 0 spiro atoms. The lowest BCUT2D eigenvalue weighted by molar-refractivity contribution is 0.575. The molecular weight excluding hydrogens is 430 g/mol. The summed E-state index contributed by atoms with van der Waals surface area (Å²) in [5.41, 5.74) is 2.00. The van der Waals surface area contributed by atoms with Gasteiger partial charge in [0.15, 0.2) is 11.6 Å². The van der Waals surface area contributed by atoms with E-state index in [9.17, 15) is 4.39 Å². The Morgan fingerprint density at radius 1 is 1.06 bits per heavy atom. The van der Waals surface area contributed by atoms with E-state index in [1.54, 1.807) is 22.9 Å². The highest BCUT2D eigenvalue weighted by Crippen LogP contribution is 2.37. The Kier molecular flexibility index (Phi) is 5.50. The Morgan fingerprint density at radius 2 is 1.81 bits per heavy atom. The lowest BCUT2D eigenvalue weighted by atomic mass is 10.1. The van der Waals surface area contributed by atoms with Crippen molar-refractivity contribution in [3.63, 3.8) is 0 Å². The molecule has 9 heteroatoms. The first-order valence-corrected chi connectivity index (χ1v) is 11.6. The third-order valence-corrected chi connectivity index (χ3v) is 6.69. The van der Waals surface area contributed by atoms with E-state index in [-0.39, 0.29) is 11.6 Å².